The quantitative estimate of drug-likeness (QED) is 0.744. The maximum atomic E-state index is 5.52. The lowest BCUT2D eigenvalue weighted by Gasteiger charge is -2.15. The summed E-state index contributed by atoms with van der Waals surface area (Å²) in [5.41, 5.74) is 2.43. The lowest BCUT2D eigenvalue weighted by molar-refractivity contribution is 0.192. The van der Waals surface area contributed by atoms with E-state index < -0.39 is 0 Å². The van der Waals surface area contributed by atoms with Gasteiger partial charge in [-0.1, -0.05) is 18.2 Å². The first kappa shape index (κ1) is 14.2. The molecule has 0 amide bonds. The number of ether oxygens (including phenoxy) is 1. The Bertz CT molecular complexity index is 799. The predicted octanol–water partition coefficient (Wildman–Crippen LogP) is 2.93. The van der Waals surface area contributed by atoms with Crippen LogP contribution in [0.3, 0.4) is 0 Å². The van der Waals surface area contributed by atoms with Gasteiger partial charge in [0, 0.05) is 37.3 Å². The topological polar surface area (TPSA) is 44.9 Å². The summed E-state index contributed by atoms with van der Waals surface area (Å²) in [5, 5.41) is 0. The van der Waals surface area contributed by atoms with E-state index in [1.807, 2.05) is 25.5 Å². The van der Waals surface area contributed by atoms with Crippen LogP contribution in [0.1, 0.15) is 29.6 Å². The van der Waals surface area contributed by atoms with E-state index in [2.05, 4.69) is 49.6 Å². The molecule has 1 aromatic carbocycles. The van der Waals surface area contributed by atoms with Crippen LogP contribution >= 0.6 is 0 Å². The minimum Gasteiger partial charge on any atom is -0.381 e. The highest BCUT2D eigenvalue weighted by Gasteiger charge is 2.22. The number of hydrogen-bond acceptors (Lipinski definition) is 3. The number of imidazole rings is 2. The Kier molecular flexibility index (Phi) is 3.71. The fourth-order valence-electron chi connectivity index (χ4n) is 3.25. The lowest BCUT2D eigenvalue weighted by atomic mass is 10.1. The third-order valence-electron chi connectivity index (χ3n) is 4.46. The molecule has 1 fully saturated rings. The maximum Gasteiger partial charge on any atom is 0.114 e. The minimum atomic E-state index is 0.409. The average Bonchev–Trinajstić information content (AvgIpc) is 3.29. The second-order valence-electron chi connectivity index (χ2n) is 5.95. The van der Waals surface area contributed by atoms with Gasteiger partial charge in [-0.05, 0) is 25.0 Å². The predicted molar refractivity (Wildman–Crippen MR) is 87.8 cm³/mol. The van der Waals surface area contributed by atoms with Crippen molar-refractivity contribution < 1.29 is 4.74 Å². The normalized spacial score (nSPS) is 17.7. The van der Waals surface area contributed by atoms with Crippen LogP contribution in [-0.2, 0) is 11.3 Å². The van der Waals surface area contributed by atoms with Crippen molar-refractivity contribution in [3.63, 3.8) is 0 Å². The molecule has 5 nitrogen and oxygen atoms in total. The second-order valence-corrected chi connectivity index (χ2v) is 5.95. The number of nitrogens with zero attached hydrogens (tertiary/aromatic N) is 4. The van der Waals surface area contributed by atoms with Crippen LogP contribution in [0.25, 0.3) is 5.69 Å². The monoisotopic (exact) mass is 308 g/mol. The van der Waals surface area contributed by atoms with E-state index in [4.69, 9.17) is 4.74 Å². The molecule has 0 N–H and O–H groups in total. The number of para-hydroxylation sites is 1. The molecule has 0 bridgehead atoms. The van der Waals surface area contributed by atoms with Gasteiger partial charge in [0.1, 0.15) is 11.6 Å². The third-order valence-corrected chi connectivity index (χ3v) is 4.46. The molecule has 3 heterocycles. The zero-order valence-corrected chi connectivity index (χ0v) is 13.2. The van der Waals surface area contributed by atoms with E-state index in [0.29, 0.717) is 5.92 Å². The summed E-state index contributed by atoms with van der Waals surface area (Å²) in [6.45, 7) is 4.44. The van der Waals surface area contributed by atoms with Gasteiger partial charge >= 0.3 is 0 Å². The number of hydrogen-bond donors (Lipinski definition) is 0. The van der Waals surface area contributed by atoms with Gasteiger partial charge in [0.2, 0.25) is 0 Å². The van der Waals surface area contributed by atoms with Crippen molar-refractivity contribution in [2.45, 2.75) is 25.8 Å². The van der Waals surface area contributed by atoms with E-state index >= 15 is 0 Å². The van der Waals surface area contributed by atoms with Crippen LogP contribution in [0.4, 0.5) is 0 Å². The Hall–Kier alpha value is -2.40. The molecule has 23 heavy (non-hydrogen) atoms. The van der Waals surface area contributed by atoms with Gasteiger partial charge in [0.15, 0.2) is 0 Å². The summed E-state index contributed by atoms with van der Waals surface area (Å²) < 4.78 is 9.89. The maximum absolute atomic E-state index is 5.52. The van der Waals surface area contributed by atoms with Gasteiger partial charge in [-0.2, -0.15) is 0 Å². The summed E-state index contributed by atoms with van der Waals surface area (Å²) in [4.78, 5) is 8.91. The Morgan fingerprint density at radius 2 is 2.04 bits per heavy atom. The number of rotatable bonds is 4. The van der Waals surface area contributed by atoms with Gasteiger partial charge < -0.3 is 13.9 Å². The SMILES string of the molecule is Cc1nccn1-c1ccccc1Cn1ccnc1[C@H]1CCOC1. The molecule has 1 aliphatic heterocycles. The molecule has 0 radical (unpaired) electrons. The van der Waals surface area contributed by atoms with Crippen LogP contribution in [0, 0.1) is 6.92 Å². The van der Waals surface area contributed by atoms with Gasteiger partial charge in [-0.15, -0.1) is 0 Å². The highest BCUT2D eigenvalue weighted by molar-refractivity contribution is 5.42. The molecular formula is C18H20N4O. The third kappa shape index (κ3) is 2.68. The van der Waals surface area contributed by atoms with Crippen molar-refractivity contribution in [1.82, 2.24) is 19.1 Å². The van der Waals surface area contributed by atoms with Gasteiger partial charge in [-0.25, -0.2) is 9.97 Å². The molecule has 0 aliphatic carbocycles. The summed E-state index contributed by atoms with van der Waals surface area (Å²) in [6.07, 6.45) is 8.85. The van der Waals surface area contributed by atoms with E-state index in [9.17, 15) is 0 Å². The first-order chi connectivity index (χ1) is 11.3. The van der Waals surface area contributed by atoms with Crippen LogP contribution in [0.2, 0.25) is 0 Å². The zero-order valence-electron chi connectivity index (χ0n) is 13.2. The number of benzene rings is 1. The van der Waals surface area contributed by atoms with Crippen LogP contribution in [0.15, 0.2) is 49.1 Å². The fourth-order valence-corrected chi connectivity index (χ4v) is 3.25. The Morgan fingerprint density at radius 3 is 2.83 bits per heavy atom. The van der Waals surface area contributed by atoms with Crippen molar-refractivity contribution in [1.29, 1.82) is 0 Å². The second kappa shape index (κ2) is 6.01. The summed E-state index contributed by atoms with van der Waals surface area (Å²) in [5.74, 6) is 2.53. The van der Waals surface area contributed by atoms with Crippen molar-refractivity contribution >= 4 is 0 Å². The molecule has 0 spiro atoms. The molecule has 1 aliphatic rings. The molecule has 3 aromatic rings. The lowest BCUT2D eigenvalue weighted by Crippen LogP contribution is -2.11. The molecule has 4 rings (SSSR count). The summed E-state index contributed by atoms with van der Waals surface area (Å²) in [7, 11) is 0. The van der Waals surface area contributed by atoms with Gasteiger partial charge in [-0.3, -0.25) is 0 Å². The molecule has 1 atom stereocenters. The van der Waals surface area contributed by atoms with E-state index in [1.54, 1.807) is 0 Å². The van der Waals surface area contributed by atoms with Crippen molar-refractivity contribution in [2.75, 3.05) is 13.2 Å². The summed E-state index contributed by atoms with van der Waals surface area (Å²) >= 11 is 0. The first-order valence-corrected chi connectivity index (χ1v) is 8.00. The smallest absolute Gasteiger partial charge is 0.114 e. The number of aryl methyl sites for hydroxylation is 1. The van der Waals surface area contributed by atoms with Crippen LogP contribution in [-0.4, -0.2) is 32.3 Å². The van der Waals surface area contributed by atoms with E-state index in [-0.39, 0.29) is 0 Å². The number of aromatic nitrogens is 4. The summed E-state index contributed by atoms with van der Waals surface area (Å²) in [6, 6.07) is 8.46. The molecule has 2 aromatic heterocycles. The molecule has 118 valence electrons. The standard InChI is InChI=1S/C18H20N4O/c1-14-19-8-10-22(14)17-5-3-2-4-15(17)12-21-9-7-20-18(21)16-6-11-23-13-16/h2-5,7-10,16H,6,11-13H2,1H3/t16-/m0/s1. The van der Waals surface area contributed by atoms with Crippen LogP contribution in [0.5, 0.6) is 0 Å². The Balaban J connectivity index is 1.68. The first-order valence-electron chi connectivity index (χ1n) is 8.00. The van der Waals surface area contributed by atoms with E-state index in [1.165, 1.54) is 11.3 Å². The Morgan fingerprint density at radius 1 is 1.17 bits per heavy atom. The van der Waals surface area contributed by atoms with Crippen molar-refractivity contribution in [3.05, 3.63) is 66.3 Å². The average molecular weight is 308 g/mol. The largest absolute Gasteiger partial charge is 0.381 e. The molecule has 0 unspecified atom stereocenters. The van der Waals surface area contributed by atoms with Crippen molar-refractivity contribution in [3.8, 4) is 5.69 Å². The van der Waals surface area contributed by atoms with Gasteiger partial charge in [0.25, 0.3) is 0 Å². The van der Waals surface area contributed by atoms with E-state index in [0.717, 1.165) is 37.8 Å². The van der Waals surface area contributed by atoms with Crippen molar-refractivity contribution in [2.24, 2.45) is 0 Å². The molecule has 1 saturated heterocycles. The fraction of sp³-hybridized carbons (Fsp3) is 0.333. The molecular weight excluding hydrogens is 288 g/mol. The molecule has 0 saturated carbocycles. The van der Waals surface area contributed by atoms with Crippen LogP contribution < -0.4 is 0 Å². The minimum absolute atomic E-state index is 0.409. The Labute approximate surface area is 135 Å². The highest BCUT2D eigenvalue weighted by Crippen LogP contribution is 2.25. The van der Waals surface area contributed by atoms with Gasteiger partial charge in [0.05, 0.1) is 18.8 Å². The molecule has 5 heteroatoms. The zero-order chi connectivity index (χ0) is 15.6. The highest BCUT2D eigenvalue weighted by atomic mass is 16.5.